The van der Waals surface area contributed by atoms with Crippen LogP contribution in [0.15, 0.2) is 21.1 Å². The monoisotopic (exact) mass is 602 g/mol. The maximum atomic E-state index is 13.7. The van der Waals surface area contributed by atoms with E-state index in [0.717, 1.165) is 57.8 Å². The fraction of sp³-hybridized carbons (Fsp3) is 0.481. The standard InChI is InChI=1S/C27H28Br2N2O4/c1-3-4-6-9-14(2)30-24(32)16-12-18(28)21-23-20(16)17(25(30)33)13-19(29)22(23)27(35)31(26(21)34)15-10-7-5-8-11-15/h12-15H,3-11H2,1-2H3. The number of imide groups is 2. The summed E-state index contributed by atoms with van der Waals surface area (Å²) in [6.07, 6.45) is 8.43. The van der Waals surface area contributed by atoms with Gasteiger partial charge in [-0.3, -0.25) is 29.0 Å². The zero-order valence-corrected chi connectivity index (χ0v) is 23.1. The first kappa shape index (κ1) is 24.6. The summed E-state index contributed by atoms with van der Waals surface area (Å²) in [6, 6.07) is 2.93. The van der Waals surface area contributed by atoms with Crippen LogP contribution in [0.2, 0.25) is 0 Å². The normalized spacial score (nSPS) is 19.2. The van der Waals surface area contributed by atoms with Crippen molar-refractivity contribution in [3.63, 3.8) is 0 Å². The lowest BCUT2D eigenvalue weighted by Crippen LogP contribution is -2.49. The lowest BCUT2D eigenvalue weighted by molar-refractivity contribution is 0.0491. The Bertz CT molecular complexity index is 1210. The van der Waals surface area contributed by atoms with Crippen LogP contribution in [0, 0.1) is 0 Å². The summed E-state index contributed by atoms with van der Waals surface area (Å²) in [7, 11) is 0. The Balaban J connectivity index is 1.68. The largest absolute Gasteiger partial charge is 0.272 e. The van der Waals surface area contributed by atoms with Crippen molar-refractivity contribution in [3.8, 4) is 0 Å². The first-order valence-corrected chi connectivity index (χ1v) is 14.1. The highest BCUT2D eigenvalue weighted by Gasteiger charge is 2.44. The van der Waals surface area contributed by atoms with Gasteiger partial charge in [-0.2, -0.15) is 0 Å². The third-order valence-electron chi connectivity index (χ3n) is 7.68. The molecular weight excluding hydrogens is 576 g/mol. The van der Waals surface area contributed by atoms with Crippen molar-refractivity contribution >= 4 is 66.3 Å². The second-order valence-electron chi connectivity index (χ2n) is 9.91. The van der Waals surface area contributed by atoms with E-state index in [4.69, 9.17) is 0 Å². The van der Waals surface area contributed by atoms with E-state index in [2.05, 4.69) is 38.8 Å². The SMILES string of the molecule is CCCCCC(C)N1C(=O)c2cc(Br)c3c4c(c(Br)cc(c24)C1=O)C(=O)N(C1CCCCC1)C3=O. The van der Waals surface area contributed by atoms with Crippen molar-refractivity contribution in [3.05, 3.63) is 43.3 Å². The Morgan fingerprint density at radius 3 is 1.89 bits per heavy atom. The molecule has 2 aromatic carbocycles. The molecule has 6 nitrogen and oxygen atoms in total. The zero-order valence-electron chi connectivity index (χ0n) is 20.0. The van der Waals surface area contributed by atoms with Crippen LogP contribution in [0.5, 0.6) is 0 Å². The maximum absolute atomic E-state index is 13.7. The molecule has 4 amide bonds. The molecule has 5 rings (SSSR count). The molecule has 1 aliphatic carbocycles. The molecule has 2 heterocycles. The van der Waals surface area contributed by atoms with Gasteiger partial charge >= 0.3 is 0 Å². The van der Waals surface area contributed by atoms with Crippen LogP contribution < -0.4 is 0 Å². The van der Waals surface area contributed by atoms with Gasteiger partial charge in [0.1, 0.15) is 0 Å². The number of amides is 4. The Morgan fingerprint density at radius 2 is 1.37 bits per heavy atom. The first-order valence-electron chi connectivity index (χ1n) is 12.5. The molecule has 3 aliphatic rings. The number of rotatable bonds is 6. The van der Waals surface area contributed by atoms with Gasteiger partial charge in [-0.1, -0.05) is 45.4 Å². The molecule has 0 aromatic heterocycles. The Kier molecular flexibility index (Phi) is 6.64. The van der Waals surface area contributed by atoms with E-state index in [1.807, 2.05) is 6.92 Å². The molecule has 1 unspecified atom stereocenters. The molecule has 0 spiro atoms. The quantitative estimate of drug-likeness (QED) is 0.267. The summed E-state index contributed by atoms with van der Waals surface area (Å²) in [5, 5.41) is 0.819. The van der Waals surface area contributed by atoms with E-state index in [1.165, 1.54) is 9.80 Å². The molecule has 184 valence electrons. The van der Waals surface area contributed by atoms with Gasteiger partial charge in [0.25, 0.3) is 23.6 Å². The molecule has 2 aliphatic heterocycles. The van der Waals surface area contributed by atoms with Crippen molar-refractivity contribution < 1.29 is 19.2 Å². The Hall–Kier alpha value is -2.06. The van der Waals surface area contributed by atoms with Crippen LogP contribution in [-0.2, 0) is 0 Å². The summed E-state index contributed by atoms with van der Waals surface area (Å²) in [5.41, 5.74) is 1.43. The minimum Gasteiger partial charge on any atom is -0.272 e. The van der Waals surface area contributed by atoms with E-state index in [9.17, 15) is 19.2 Å². The molecule has 1 saturated carbocycles. The molecule has 0 bridgehead atoms. The predicted octanol–water partition coefficient (Wildman–Crippen LogP) is 6.86. The zero-order chi connectivity index (χ0) is 25.0. The molecular formula is C27H28Br2N2O4. The summed E-state index contributed by atoms with van der Waals surface area (Å²) in [5.74, 6) is -1.46. The Morgan fingerprint density at radius 1 is 0.829 bits per heavy atom. The fourth-order valence-electron chi connectivity index (χ4n) is 5.90. The first-order chi connectivity index (χ1) is 16.8. The van der Waals surface area contributed by atoms with E-state index >= 15 is 0 Å². The van der Waals surface area contributed by atoms with Gasteiger partial charge in [0.2, 0.25) is 0 Å². The highest BCUT2D eigenvalue weighted by atomic mass is 79.9. The van der Waals surface area contributed by atoms with E-state index < -0.39 is 0 Å². The fourth-order valence-corrected chi connectivity index (χ4v) is 7.09. The van der Waals surface area contributed by atoms with Crippen LogP contribution in [0.4, 0.5) is 0 Å². The lowest BCUT2D eigenvalue weighted by atomic mass is 9.84. The average Bonchev–Trinajstić information content (AvgIpc) is 2.82. The summed E-state index contributed by atoms with van der Waals surface area (Å²) < 4.78 is 0.954. The van der Waals surface area contributed by atoms with Gasteiger partial charge in [-0.25, -0.2) is 0 Å². The molecule has 2 aromatic rings. The number of hydrogen-bond donors (Lipinski definition) is 0. The van der Waals surface area contributed by atoms with Gasteiger partial charge < -0.3 is 0 Å². The van der Waals surface area contributed by atoms with Gasteiger partial charge in [0, 0.05) is 42.9 Å². The predicted molar refractivity (Wildman–Crippen MR) is 141 cm³/mol. The van der Waals surface area contributed by atoms with E-state index in [0.29, 0.717) is 42.0 Å². The number of carbonyl (C=O) groups is 4. The van der Waals surface area contributed by atoms with Crippen LogP contribution in [0.3, 0.4) is 0 Å². The topological polar surface area (TPSA) is 74.8 Å². The van der Waals surface area contributed by atoms with E-state index in [-0.39, 0.29) is 35.7 Å². The van der Waals surface area contributed by atoms with Crippen LogP contribution in [0.1, 0.15) is 113 Å². The second kappa shape index (κ2) is 9.43. The Labute approximate surface area is 221 Å². The van der Waals surface area contributed by atoms with Gasteiger partial charge in [-0.05, 0) is 70.2 Å². The lowest BCUT2D eigenvalue weighted by Gasteiger charge is -2.38. The number of unbranched alkanes of at least 4 members (excludes halogenated alkanes) is 2. The number of nitrogens with zero attached hydrogens (tertiary/aromatic N) is 2. The summed E-state index contributed by atoms with van der Waals surface area (Å²) in [6.45, 7) is 4.02. The molecule has 8 heteroatoms. The van der Waals surface area contributed by atoms with Crippen molar-refractivity contribution in [1.29, 1.82) is 0 Å². The maximum Gasteiger partial charge on any atom is 0.262 e. The summed E-state index contributed by atoms with van der Waals surface area (Å²) in [4.78, 5) is 57.5. The number of carbonyl (C=O) groups excluding carboxylic acids is 4. The van der Waals surface area contributed by atoms with Gasteiger partial charge in [-0.15, -0.1) is 0 Å². The van der Waals surface area contributed by atoms with Crippen LogP contribution >= 0.6 is 31.9 Å². The number of benzene rings is 2. The van der Waals surface area contributed by atoms with Crippen LogP contribution in [0.25, 0.3) is 10.8 Å². The van der Waals surface area contributed by atoms with Crippen LogP contribution in [-0.4, -0.2) is 45.5 Å². The third kappa shape index (κ3) is 3.79. The van der Waals surface area contributed by atoms with Crippen molar-refractivity contribution in [2.45, 2.75) is 83.7 Å². The van der Waals surface area contributed by atoms with Gasteiger partial charge in [0.15, 0.2) is 0 Å². The molecule has 1 atom stereocenters. The molecule has 35 heavy (non-hydrogen) atoms. The van der Waals surface area contributed by atoms with Crippen molar-refractivity contribution in [2.24, 2.45) is 0 Å². The molecule has 0 radical (unpaired) electrons. The minimum absolute atomic E-state index is 0.138. The summed E-state index contributed by atoms with van der Waals surface area (Å²) >= 11 is 7.09. The van der Waals surface area contributed by atoms with Gasteiger partial charge in [0.05, 0.1) is 11.1 Å². The highest BCUT2D eigenvalue weighted by Crippen LogP contribution is 2.45. The minimum atomic E-state index is -0.373. The second-order valence-corrected chi connectivity index (χ2v) is 11.6. The molecule has 0 N–H and O–H groups in total. The highest BCUT2D eigenvalue weighted by molar-refractivity contribution is 9.11. The smallest absolute Gasteiger partial charge is 0.262 e. The van der Waals surface area contributed by atoms with Crippen molar-refractivity contribution in [1.82, 2.24) is 9.80 Å². The average molecular weight is 604 g/mol. The van der Waals surface area contributed by atoms with Crippen molar-refractivity contribution in [2.75, 3.05) is 0 Å². The number of halogens is 2. The van der Waals surface area contributed by atoms with E-state index in [1.54, 1.807) is 12.1 Å². The third-order valence-corrected chi connectivity index (χ3v) is 8.93. The molecule has 0 saturated heterocycles. The molecule has 1 fully saturated rings. The number of hydrogen-bond acceptors (Lipinski definition) is 4.